The largest absolute Gasteiger partial charge is 0.341 e. The van der Waals surface area contributed by atoms with Gasteiger partial charge in [0.1, 0.15) is 17.7 Å². The second-order valence-corrected chi connectivity index (χ2v) is 8.58. The van der Waals surface area contributed by atoms with E-state index in [-0.39, 0.29) is 17.8 Å². The van der Waals surface area contributed by atoms with E-state index >= 15 is 0 Å². The van der Waals surface area contributed by atoms with Gasteiger partial charge in [0.15, 0.2) is 0 Å². The molecule has 5 nitrogen and oxygen atoms in total. The summed E-state index contributed by atoms with van der Waals surface area (Å²) in [5.41, 5.74) is 0. The normalized spacial score (nSPS) is 22.3. The van der Waals surface area contributed by atoms with Crippen LogP contribution in [0.15, 0.2) is 23.1 Å². The molecule has 2 aliphatic rings. The second kappa shape index (κ2) is 6.03. The molecule has 1 saturated carbocycles. The Kier molecular flexibility index (Phi) is 4.37. The van der Waals surface area contributed by atoms with Gasteiger partial charge < -0.3 is 4.90 Å². The maximum atomic E-state index is 13.3. The molecule has 126 valence electrons. The van der Waals surface area contributed by atoms with E-state index in [0.29, 0.717) is 11.8 Å². The lowest BCUT2D eigenvalue weighted by Gasteiger charge is -2.26. The predicted molar refractivity (Wildman–Crippen MR) is 82.3 cm³/mol. The fraction of sp³-hybridized carbons (Fsp3) is 0.500. The van der Waals surface area contributed by atoms with Gasteiger partial charge in [0.2, 0.25) is 15.9 Å². The molecular weight excluding hydrogens is 346 g/mol. The summed E-state index contributed by atoms with van der Waals surface area (Å²) in [6.07, 6.45) is 1.84. The number of sulfonamides is 1. The Bertz CT molecular complexity index is 717. The van der Waals surface area contributed by atoms with Crippen LogP contribution in [-0.2, 0) is 14.8 Å². The van der Waals surface area contributed by atoms with Gasteiger partial charge in [0.25, 0.3) is 0 Å². The molecule has 2 fully saturated rings. The molecule has 1 aliphatic heterocycles. The van der Waals surface area contributed by atoms with E-state index in [1.54, 1.807) is 11.9 Å². The van der Waals surface area contributed by atoms with Gasteiger partial charge in [-0.3, -0.25) is 4.79 Å². The SMILES string of the molecule is CN(C(=O)C1CSCN1S(=O)(=O)c1cc(F)cc(F)c1)C1CC1. The molecule has 1 aromatic carbocycles. The minimum Gasteiger partial charge on any atom is -0.341 e. The Balaban J connectivity index is 1.90. The summed E-state index contributed by atoms with van der Waals surface area (Å²) >= 11 is 1.31. The Morgan fingerprint density at radius 3 is 2.43 bits per heavy atom. The molecule has 23 heavy (non-hydrogen) atoms. The molecule has 1 saturated heterocycles. The molecule has 0 bridgehead atoms. The molecular formula is C14H16F2N2O3S2. The first-order chi connectivity index (χ1) is 10.8. The van der Waals surface area contributed by atoms with Crippen molar-refractivity contribution in [1.82, 2.24) is 9.21 Å². The summed E-state index contributed by atoms with van der Waals surface area (Å²) < 4.78 is 53.1. The van der Waals surface area contributed by atoms with Gasteiger partial charge >= 0.3 is 0 Å². The summed E-state index contributed by atoms with van der Waals surface area (Å²) in [6.45, 7) is 0. The van der Waals surface area contributed by atoms with Crippen molar-refractivity contribution in [2.45, 2.75) is 29.8 Å². The summed E-state index contributed by atoms with van der Waals surface area (Å²) in [5.74, 6) is -1.76. The van der Waals surface area contributed by atoms with Gasteiger partial charge in [-0.1, -0.05) is 0 Å². The summed E-state index contributed by atoms with van der Waals surface area (Å²) in [6, 6.07) is 1.49. The third kappa shape index (κ3) is 3.22. The molecule has 0 N–H and O–H groups in total. The fourth-order valence-electron chi connectivity index (χ4n) is 2.55. The van der Waals surface area contributed by atoms with Crippen LogP contribution in [0.3, 0.4) is 0 Å². The molecule has 0 aromatic heterocycles. The zero-order chi connectivity index (χ0) is 16.8. The van der Waals surface area contributed by atoms with Crippen molar-refractivity contribution in [3.8, 4) is 0 Å². The fourth-order valence-corrected chi connectivity index (χ4v) is 5.73. The molecule has 1 unspecified atom stereocenters. The number of nitrogens with zero attached hydrogens (tertiary/aromatic N) is 2. The average molecular weight is 362 g/mol. The maximum Gasteiger partial charge on any atom is 0.244 e. The van der Waals surface area contributed by atoms with Crippen LogP contribution in [0, 0.1) is 11.6 Å². The van der Waals surface area contributed by atoms with Crippen molar-refractivity contribution in [1.29, 1.82) is 0 Å². The maximum absolute atomic E-state index is 13.3. The van der Waals surface area contributed by atoms with Gasteiger partial charge in [-0.05, 0) is 25.0 Å². The Labute approximate surface area is 137 Å². The van der Waals surface area contributed by atoms with Crippen LogP contribution in [0.4, 0.5) is 8.78 Å². The Morgan fingerprint density at radius 2 is 1.87 bits per heavy atom. The highest BCUT2D eigenvalue weighted by Gasteiger charge is 2.43. The van der Waals surface area contributed by atoms with E-state index in [4.69, 9.17) is 0 Å². The zero-order valence-corrected chi connectivity index (χ0v) is 14.0. The lowest BCUT2D eigenvalue weighted by Crippen LogP contribution is -2.48. The van der Waals surface area contributed by atoms with E-state index in [0.717, 1.165) is 29.3 Å². The lowest BCUT2D eigenvalue weighted by atomic mass is 10.3. The van der Waals surface area contributed by atoms with Gasteiger partial charge in [0.05, 0.1) is 10.8 Å². The van der Waals surface area contributed by atoms with Crippen molar-refractivity contribution < 1.29 is 22.0 Å². The van der Waals surface area contributed by atoms with E-state index < -0.39 is 32.6 Å². The van der Waals surface area contributed by atoms with Crippen LogP contribution >= 0.6 is 11.8 Å². The highest BCUT2D eigenvalue weighted by molar-refractivity contribution is 8.00. The van der Waals surface area contributed by atoms with Crippen LogP contribution in [0.2, 0.25) is 0 Å². The molecule has 9 heteroatoms. The van der Waals surface area contributed by atoms with E-state index in [1.165, 1.54) is 11.8 Å². The van der Waals surface area contributed by atoms with Crippen LogP contribution < -0.4 is 0 Å². The van der Waals surface area contributed by atoms with Crippen LogP contribution in [0.25, 0.3) is 0 Å². The number of thioether (sulfide) groups is 1. The van der Waals surface area contributed by atoms with E-state index in [9.17, 15) is 22.0 Å². The number of rotatable bonds is 4. The van der Waals surface area contributed by atoms with Crippen LogP contribution in [0.1, 0.15) is 12.8 Å². The Morgan fingerprint density at radius 1 is 1.26 bits per heavy atom. The number of carbonyl (C=O) groups is 1. The molecule has 1 aromatic rings. The zero-order valence-electron chi connectivity index (χ0n) is 12.4. The summed E-state index contributed by atoms with van der Waals surface area (Å²) in [5, 5.41) is 0. The third-order valence-electron chi connectivity index (χ3n) is 4.01. The summed E-state index contributed by atoms with van der Waals surface area (Å²) in [4.78, 5) is 13.6. The third-order valence-corrected chi connectivity index (χ3v) is 7.02. The smallest absolute Gasteiger partial charge is 0.244 e. The predicted octanol–water partition coefficient (Wildman–Crippen LogP) is 1.65. The minimum atomic E-state index is -4.13. The first-order valence-corrected chi connectivity index (χ1v) is 9.72. The number of benzene rings is 1. The van der Waals surface area contributed by atoms with Crippen LogP contribution in [0.5, 0.6) is 0 Å². The average Bonchev–Trinajstić information content (AvgIpc) is 3.20. The minimum absolute atomic E-state index is 0.0926. The summed E-state index contributed by atoms with van der Waals surface area (Å²) in [7, 11) is -2.47. The van der Waals surface area contributed by atoms with Crippen molar-refractivity contribution in [2.24, 2.45) is 0 Å². The highest BCUT2D eigenvalue weighted by Crippen LogP contribution is 2.32. The quantitative estimate of drug-likeness (QED) is 0.817. The highest BCUT2D eigenvalue weighted by atomic mass is 32.2. The first kappa shape index (κ1) is 16.7. The molecule has 1 amide bonds. The number of hydrogen-bond donors (Lipinski definition) is 0. The monoisotopic (exact) mass is 362 g/mol. The van der Waals surface area contributed by atoms with Crippen molar-refractivity contribution in [3.63, 3.8) is 0 Å². The number of likely N-dealkylation sites (N-methyl/N-ethyl adjacent to an activating group) is 1. The second-order valence-electron chi connectivity index (χ2n) is 5.69. The number of amides is 1. The van der Waals surface area contributed by atoms with Crippen molar-refractivity contribution in [3.05, 3.63) is 29.8 Å². The topological polar surface area (TPSA) is 57.7 Å². The molecule has 1 heterocycles. The Hall–Kier alpha value is -1.19. The molecule has 0 radical (unpaired) electrons. The first-order valence-electron chi connectivity index (χ1n) is 7.13. The van der Waals surface area contributed by atoms with Gasteiger partial charge in [0, 0.05) is 24.9 Å². The van der Waals surface area contributed by atoms with Crippen molar-refractivity contribution in [2.75, 3.05) is 18.7 Å². The standard InChI is InChI=1S/C14H16F2N2O3S2/c1-17(11-2-3-11)14(19)13-7-22-8-18(13)23(20,21)12-5-9(15)4-10(16)6-12/h4-6,11,13H,2-3,7-8H2,1H3. The molecule has 1 aliphatic carbocycles. The van der Waals surface area contributed by atoms with Crippen molar-refractivity contribution >= 4 is 27.7 Å². The van der Waals surface area contributed by atoms with Gasteiger partial charge in [-0.15, -0.1) is 11.8 Å². The lowest BCUT2D eigenvalue weighted by molar-refractivity contribution is -0.133. The van der Waals surface area contributed by atoms with E-state index in [2.05, 4.69) is 0 Å². The molecule has 0 spiro atoms. The molecule has 3 rings (SSSR count). The number of hydrogen-bond acceptors (Lipinski definition) is 4. The number of halogens is 2. The van der Waals surface area contributed by atoms with Gasteiger partial charge in [-0.25, -0.2) is 17.2 Å². The number of carbonyl (C=O) groups excluding carboxylic acids is 1. The molecule has 1 atom stereocenters. The van der Waals surface area contributed by atoms with E-state index in [1.807, 2.05) is 0 Å². The van der Waals surface area contributed by atoms with Crippen LogP contribution in [-0.4, -0.2) is 54.3 Å². The van der Waals surface area contributed by atoms with Gasteiger partial charge in [-0.2, -0.15) is 4.31 Å².